The van der Waals surface area contributed by atoms with Gasteiger partial charge < -0.3 is 10.2 Å². The lowest BCUT2D eigenvalue weighted by Gasteiger charge is -2.39. The summed E-state index contributed by atoms with van der Waals surface area (Å²) in [5, 5.41) is 3.46. The van der Waals surface area contributed by atoms with Gasteiger partial charge in [0.1, 0.15) is 0 Å². The van der Waals surface area contributed by atoms with Crippen LogP contribution in [-0.4, -0.2) is 50.2 Å². The van der Waals surface area contributed by atoms with Crippen molar-refractivity contribution in [2.75, 3.05) is 44.2 Å². The first-order valence-corrected chi connectivity index (χ1v) is 7.09. The number of hydrogen-bond donors (Lipinski definition) is 1. The van der Waals surface area contributed by atoms with Crippen molar-refractivity contribution >= 4 is 5.69 Å². The lowest BCUT2D eigenvalue weighted by molar-refractivity contribution is 0.196. The molecule has 1 aromatic carbocycles. The maximum atomic E-state index is 3.46. The minimum absolute atomic E-state index is 0.782. The van der Waals surface area contributed by atoms with Crippen LogP contribution in [0.1, 0.15) is 12.0 Å². The van der Waals surface area contributed by atoms with E-state index < -0.39 is 0 Å². The van der Waals surface area contributed by atoms with E-state index in [-0.39, 0.29) is 0 Å². The number of rotatable bonds is 2. The monoisotopic (exact) mass is 245 g/mol. The zero-order valence-electron chi connectivity index (χ0n) is 11.2. The maximum Gasteiger partial charge on any atom is 0.0369 e. The lowest BCUT2D eigenvalue weighted by Crippen LogP contribution is -2.51. The van der Waals surface area contributed by atoms with Crippen molar-refractivity contribution in [2.24, 2.45) is 0 Å². The van der Waals surface area contributed by atoms with Gasteiger partial charge in [-0.1, -0.05) is 12.1 Å². The highest BCUT2D eigenvalue weighted by Gasteiger charge is 2.25. The van der Waals surface area contributed by atoms with Crippen molar-refractivity contribution in [1.29, 1.82) is 0 Å². The molecule has 3 rings (SSSR count). The molecule has 2 fully saturated rings. The van der Waals surface area contributed by atoms with Gasteiger partial charge in [0.25, 0.3) is 0 Å². The van der Waals surface area contributed by atoms with Gasteiger partial charge in [-0.2, -0.15) is 0 Å². The Balaban J connectivity index is 1.59. The van der Waals surface area contributed by atoms with Crippen LogP contribution in [0.5, 0.6) is 0 Å². The molecule has 3 nitrogen and oxygen atoms in total. The highest BCUT2D eigenvalue weighted by atomic mass is 15.3. The van der Waals surface area contributed by atoms with Gasteiger partial charge in [-0.05, 0) is 37.6 Å². The molecule has 1 N–H and O–H groups in total. The van der Waals surface area contributed by atoms with E-state index in [1.807, 2.05) is 0 Å². The summed E-state index contributed by atoms with van der Waals surface area (Å²) >= 11 is 0. The molecule has 0 aromatic heterocycles. The number of benzene rings is 1. The van der Waals surface area contributed by atoms with Crippen LogP contribution in [0.15, 0.2) is 24.3 Å². The van der Waals surface area contributed by atoms with Crippen LogP contribution < -0.4 is 10.2 Å². The molecule has 0 aliphatic carbocycles. The fourth-order valence-electron chi connectivity index (χ4n) is 3.12. The molecule has 1 aromatic rings. The first kappa shape index (κ1) is 12.0. The third-order valence-electron chi connectivity index (χ3n) is 4.23. The van der Waals surface area contributed by atoms with E-state index in [0.29, 0.717) is 0 Å². The summed E-state index contributed by atoms with van der Waals surface area (Å²) in [4.78, 5) is 5.18. The van der Waals surface area contributed by atoms with Gasteiger partial charge in [-0.15, -0.1) is 0 Å². The predicted octanol–water partition coefficient (Wildman–Crippen LogP) is 1.48. The fourth-order valence-corrected chi connectivity index (χ4v) is 3.12. The smallest absolute Gasteiger partial charge is 0.0369 e. The molecule has 0 amide bonds. The largest absolute Gasteiger partial charge is 0.369 e. The molecule has 98 valence electrons. The maximum absolute atomic E-state index is 3.46. The second kappa shape index (κ2) is 5.29. The summed E-state index contributed by atoms with van der Waals surface area (Å²) in [6.07, 6.45) is 1.32. The Morgan fingerprint density at radius 3 is 2.67 bits per heavy atom. The Labute approximate surface area is 110 Å². The van der Waals surface area contributed by atoms with E-state index in [2.05, 4.69) is 46.3 Å². The second-order valence-corrected chi connectivity index (χ2v) is 5.51. The van der Waals surface area contributed by atoms with Crippen molar-refractivity contribution in [1.82, 2.24) is 10.2 Å². The molecule has 18 heavy (non-hydrogen) atoms. The number of nitrogens with one attached hydrogen (secondary N) is 1. The highest BCUT2D eigenvalue weighted by molar-refractivity contribution is 5.48. The van der Waals surface area contributed by atoms with E-state index in [1.165, 1.54) is 56.9 Å². The molecule has 0 bridgehead atoms. The highest BCUT2D eigenvalue weighted by Crippen LogP contribution is 2.19. The summed E-state index contributed by atoms with van der Waals surface area (Å²) in [6.45, 7) is 9.30. The summed E-state index contributed by atoms with van der Waals surface area (Å²) < 4.78 is 0. The van der Waals surface area contributed by atoms with Crippen molar-refractivity contribution in [3.05, 3.63) is 29.8 Å². The van der Waals surface area contributed by atoms with Gasteiger partial charge >= 0.3 is 0 Å². The predicted molar refractivity (Wildman–Crippen MR) is 76.2 cm³/mol. The Bertz CT molecular complexity index is 390. The van der Waals surface area contributed by atoms with Crippen LogP contribution in [0.25, 0.3) is 0 Å². The van der Waals surface area contributed by atoms with E-state index in [9.17, 15) is 0 Å². The van der Waals surface area contributed by atoms with Gasteiger partial charge in [0.15, 0.2) is 0 Å². The minimum atomic E-state index is 0.782. The van der Waals surface area contributed by atoms with Crippen LogP contribution in [0, 0.1) is 6.92 Å². The Kier molecular flexibility index (Phi) is 3.52. The van der Waals surface area contributed by atoms with Gasteiger partial charge in [0, 0.05) is 44.5 Å². The first-order valence-electron chi connectivity index (χ1n) is 7.09. The van der Waals surface area contributed by atoms with E-state index in [4.69, 9.17) is 0 Å². The molecular formula is C15H23N3. The first-order chi connectivity index (χ1) is 8.83. The molecule has 0 spiro atoms. The van der Waals surface area contributed by atoms with Crippen molar-refractivity contribution in [3.8, 4) is 0 Å². The standard InChI is InChI=1S/C15H23N3/c1-13-3-2-4-14(11-13)17-7-9-18(10-8-17)15-5-6-16-12-15/h2-4,11,15-16H,5-10,12H2,1H3. The molecule has 2 saturated heterocycles. The third-order valence-corrected chi connectivity index (χ3v) is 4.23. The van der Waals surface area contributed by atoms with Crippen molar-refractivity contribution < 1.29 is 0 Å². The van der Waals surface area contributed by atoms with Gasteiger partial charge in [-0.3, -0.25) is 4.90 Å². The summed E-state index contributed by atoms with van der Waals surface area (Å²) in [6, 6.07) is 9.65. The number of aryl methyl sites for hydroxylation is 1. The van der Waals surface area contributed by atoms with E-state index in [0.717, 1.165) is 6.04 Å². The van der Waals surface area contributed by atoms with Crippen molar-refractivity contribution in [3.63, 3.8) is 0 Å². The third kappa shape index (κ3) is 2.52. The van der Waals surface area contributed by atoms with E-state index in [1.54, 1.807) is 0 Å². The van der Waals surface area contributed by atoms with Crippen LogP contribution in [0.2, 0.25) is 0 Å². The molecule has 2 aliphatic heterocycles. The quantitative estimate of drug-likeness (QED) is 0.851. The Hall–Kier alpha value is -1.06. The molecule has 3 heteroatoms. The molecule has 1 atom stereocenters. The Morgan fingerprint density at radius 2 is 2.00 bits per heavy atom. The molecule has 2 heterocycles. The van der Waals surface area contributed by atoms with Gasteiger partial charge in [0.2, 0.25) is 0 Å². The van der Waals surface area contributed by atoms with Gasteiger partial charge in [-0.25, -0.2) is 0 Å². The van der Waals surface area contributed by atoms with Crippen LogP contribution >= 0.6 is 0 Å². The summed E-state index contributed by atoms with van der Waals surface area (Å²) in [5.41, 5.74) is 2.74. The summed E-state index contributed by atoms with van der Waals surface area (Å²) in [7, 11) is 0. The number of hydrogen-bond acceptors (Lipinski definition) is 3. The molecule has 1 unspecified atom stereocenters. The minimum Gasteiger partial charge on any atom is -0.369 e. The number of anilines is 1. The average molecular weight is 245 g/mol. The van der Waals surface area contributed by atoms with Crippen molar-refractivity contribution in [2.45, 2.75) is 19.4 Å². The molecule has 0 saturated carbocycles. The topological polar surface area (TPSA) is 18.5 Å². The van der Waals surface area contributed by atoms with Gasteiger partial charge in [0.05, 0.1) is 0 Å². The fraction of sp³-hybridized carbons (Fsp3) is 0.600. The lowest BCUT2D eigenvalue weighted by atomic mass is 10.1. The molecule has 2 aliphatic rings. The second-order valence-electron chi connectivity index (χ2n) is 5.51. The van der Waals surface area contributed by atoms with Crippen LogP contribution in [-0.2, 0) is 0 Å². The van der Waals surface area contributed by atoms with Crippen LogP contribution in [0.3, 0.4) is 0 Å². The zero-order valence-corrected chi connectivity index (χ0v) is 11.2. The number of piperazine rings is 1. The SMILES string of the molecule is Cc1cccc(N2CCN(C3CCNC3)CC2)c1. The summed E-state index contributed by atoms with van der Waals surface area (Å²) in [5.74, 6) is 0. The Morgan fingerprint density at radius 1 is 1.17 bits per heavy atom. The number of nitrogens with zero attached hydrogens (tertiary/aromatic N) is 2. The normalized spacial score (nSPS) is 25.6. The molecular weight excluding hydrogens is 222 g/mol. The average Bonchev–Trinajstić information content (AvgIpc) is 2.93. The zero-order chi connectivity index (χ0) is 12.4. The van der Waals surface area contributed by atoms with Crippen LogP contribution in [0.4, 0.5) is 5.69 Å². The van der Waals surface area contributed by atoms with E-state index >= 15 is 0 Å². The molecule has 0 radical (unpaired) electrons.